The molecular formula is C17H29N3O. The van der Waals surface area contributed by atoms with Gasteiger partial charge in [-0.15, -0.1) is 0 Å². The predicted molar refractivity (Wildman–Crippen MR) is 89.5 cm³/mol. The van der Waals surface area contributed by atoms with E-state index >= 15 is 0 Å². The van der Waals surface area contributed by atoms with Crippen LogP contribution in [0.1, 0.15) is 49.5 Å². The third kappa shape index (κ3) is 5.76. The van der Waals surface area contributed by atoms with Gasteiger partial charge < -0.3 is 16.0 Å². The van der Waals surface area contributed by atoms with Crippen molar-refractivity contribution in [3.8, 4) is 0 Å². The van der Waals surface area contributed by atoms with Gasteiger partial charge in [0, 0.05) is 17.3 Å². The van der Waals surface area contributed by atoms with E-state index in [9.17, 15) is 4.79 Å². The molecule has 21 heavy (non-hydrogen) atoms. The van der Waals surface area contributed by atoms with Gasteiger partial charge in [-0.25, -0.2) is 0 Å². The lowest BCUT2D eigenvalue weighted by molar-refractivity contribution is 0.0937. The molecule has 118 valence electrons. The monoisotopic (exact) mass is 291 g/mol. The summed E-state index contributed by atoms with van der Waals surface area (Å²) >= 11 is 0. The number of benzene rings is 1. The first kappa shape index (κ1) is 17.5. The predicted octanol–water partition coefficient (Wildman–Crippen LogP) is 2.82. The van der Waals surface area contributed by atoms with E-state index in [0.29, 0.717) is 5.56 Å². The number of hydrogen-bond acceptors (Lipinski definition) is 3. The second-order valence-electron chi connectivity index (χ2n) is 5.61. The Morgan fingerprint density at radius 1 is 1.33 bits per heavy atom. The summed E-state index contributed by atoms with van der Waals surface area (Å²) in [5.74, 6) is -0.0200. The molecule has 1 aromatic rings. The van der Waals surface area contributed by atoms with Crippen LogP contribution >= 0.6 is 0 Å². The Morgan fingerprint density at radius 3 is 2.57 bits per heavy atom. The standard InChI is InChI=1S/C17H29N3O/c1-5-20(6-2)11-7-8-14(4)19-17(21)15-9-10-16(18)13(3)12-15/h9-10,12,14H,5-8,11,18H2,1-4H3,(H,19,21). The fourth-order valence-corrected chi connectivity index (χ4v) is 2.36. The van der Waals surface area contributed by atoms with Gasteiger partial charge in [0.2, 0.25) is 0 Å². The molecular weight excluding hydrogens is 262 g/mol. The number of nitrogens with one attached hydrogen (secondary N) is 1. The number of hydrogen-bond donors (Lipinski definition) is 2. The van der Waals surface area contributed by atoms with Gasteiger partial charge in [0.25, 0.3) is 5.91 Å². The Hall–Kier alpha value is -1.55. The van der Waals surface area contributed by atoms with E-state index in [0.717, 1.165) is 43.7 Å². The zero-order valence-corrected chi connectivity index (χ0v) is 13.8. The van der Waals surface area contributed by atoms with Gasteiger partial charge in [-0.1, -0.05) is 13.8 Å². The fraction of sp³-hybridized carbons (Fsp3) is 0.588. The molecule has 0 bridgehead atoms. The SMILES string of the molecule is CCN(CC)CCCC(C)NC(=O)c1ccc(N)c(C)c1. The van der Waals surface area contributed by atoms with Crippen molar-refractivity contribution in [1.29, 1.82) is 0 Å². The largest absolute Gasteiger partial charge is 0.399 e. The summed E-state index contributed by atoms with van der Waals surface area (Å²) in [5.41, 5.74) is 8.11. The average molecular weight is 291 g/mol. The summed E-state index contributed by atoms with van der Waals surface area (Å²) in [6.45, 7) is 11.6. The lowest BCUT2D eigenvalue weighted by Crippen LogP contribution is -2.33. The minimum atomic E-state index is -0.0200. The van der Waals surface area contributed by atoms with Crippen molar-refractivity contribution >= 4 is 11.6 Å². The Balaban J connectivity index is 2.41. The van der Waals surface area contributed by atoms with Gasteiger partial charge in [-0.2, -0.15) is 0 Å². The fourth-order valence-electron chi connectivity index (χ4n) is 2.36. The summed E-state index contributed by atoms with van der Waals surface area (Å²) in [6, 6.07) is 5.59. The van der Waals surface area contributed by atoms with Gasteiger partial charge in [-0.05, 0) is 70.1 Å². The highest BCUT2D eigenvalue weighted by molar-refractivity contribution is 5.95. The van der Waals surface area contributed by atoms with Gasteiger partial charge >= 0.3 is 0 Å². The molecule has 0 aliphatic heterocycles. The molecule has 0 fully saturated rings. The van der Waals surface area contributed by atoms with Crippen LogP contribution in [0.5, 0.6) is 0 Å². The van der Waals surface area contributed by atoms with Crippen molar-refractivity contribution in [1.82, 2.24) is 10.2 Å². The zero-order valence-electron chi connectivity index (χ0n) is 13.8. The molecule has 0 heterocycles. The molecule has 4 heteroatoms. The summed E-state index contributed by atoms with van der Waals surface area (Å²) in [6.07, 6.45) is 2.10. The second-order valence-corrected chi connectivity index (χ2v) is 5.61. The van der Waals surface area contributed by atoms with Crippen LogP contribution in [0, 0.1) is 6.92 Å². The minimum absolute atomic E-state index is 0.0200. The molecule has 0 aliphatic rings. The normalized spacial score (nSPS) is 12.4. The van der Waals surface area contributed by atoms with Crippen molar-refractivity contribution < 1.29 is 4.79 Å². The number of nitrogen functional groups attached to an aromatic ring is 1. The number of aryl methyl sites for hydroxylation is 1. The van der Waals surface area contributed by atoms with Crippen molar-refractivity contribution in [2.24, 2.45) is 0 Å². The third-order valence-corrected chi connectivity index (χ3v) is 3.92. The third-order valence-electron chi connectivity index (χ3n) is 3.92. The lowest BCUT2D eigenvalue weighted by Gasteiger charge is -2.20. The van der Waals surface area contributed by atoms with Gasteiger partial charge in [0.1, 0.15) is 0 Å². The van der Waals surface area contributed by atoms with Crippen LogP contribution in [0.25, 0.3) is 0 Å². The molecule has 0 radical (unpaired) electrons. The lowest BCUT2D eigenvalue weighted by atomic mass is 10.1. The molecule has 0 aliphatic carbocycles. The van der Waals surface area contributed by atoms with E-state index in [1.165, 1.54) is 0 Å². The minimum Gasteiger partial charge on any atom is -0.399 e. The highest BCUT2D eigenvalue weighted by Gasteiger charge is 2.11. The zero-order chi connectivity index (χ0) is 15.8. The maximum absolute atomic E-state index is 12.2. The topological polar surface area (TPSA) is 58.4 Å². The van der Waals surface area contributed by atoms with E-state index < -0.39 is 0 Å². The summed E-state index contributed by atoms with van der Waals surface area (Å²) in [5, 5.41) is 3.05. The highest BCUT2D eigenvalue weighted by Crippen LogP contribution is 2.13. The Kier molecular flexibility index (Phi) is 7.23. The van der Waals surface area contributed by atoms with Gasteiger partial charge in [-0.3, -0.25) is 4.79 Å². The molecule has 4 nitrogen and oxygen atoms in total. The van der Waals surface area contributed by atoms with E-state index in [1.54, 1.807) is 12.1 Å². The van der Waals surface area contributed by atoms with Gasteiger partial charge in [0.05, 0.1) is 0 Å². The van der Waals surface area contributed by atoms with E-state index in [2.05, 4.69) is 31.0 Å². The Morgan fingerprint density at radius 2 is 2.00 bits per heavy atom. The number of nitrogens with two attached hydrogens (primary N) is 1. The molecule has 0 spiro atoms. The smallest absolute Gasteiger partial charge is 0.251 e. The maximum Gasteiger partial charge on any atom is 0.251 e. The van der Waals surface area contributed by atoms with Crippen LogP contribution in [-0.2, 0) is 0 Å². The quantitative estimate of drug-likeness (QED) is 0.724. The number of anilines is 1. The van der Waals surface area contributed by atoms with Crippen molar-refractivity contribution in [2.75, 3.05) is 25.4 Å². The van der Waals surface area contributed by atoms with Crippen molar-refractivity contribution in [3.63, 3.8) is 0 Å². The van der Waals surface area contributed by atoms with Crippen LogP contribution < -0.4 is 11.1 Å². The summed E-state index contributed by atoms with van der Waals surface area (Å²) < 4.78 is 0. The summed E-state index contributed by atoms with van der Waals surface area (Å²) in [7, 11) is 0. The highest BCUT2D eigenvalue weighted by atomic mass is 16.1. The van der Waals surface area contributed by atoms with Gasteiger partial charge in [0.15, 0.2) is 0 Å². The van der Waals surface area contributed by atoms with Crippen LogP contribution in [0.3, 0.4) is 0 Å². The van der Waals surface area contributed by atoms with Crippen molar-refractivity contribution in [2.45, 2.75) is 46.6 Å². The van der Waals surface area contributed by atoms with E-state index in [1.807, 2.05) is 13.0 Å². The van der Waals surface area contributed by atoms with Crippen LogP contribution in [-0.4, -0.2) is 36.5 Å². The van der Waals surface area contributed by atoms with Crippen LogP contribution in [0.4, 0.5) is 5.69 Å². The maximum atomic E-state index is 12.2. The molecule has 0 aromatic heterocycles. The molecule has 1 rings (SSSR count). The second kappa shape index (κ2) is 8.67. The van der Waals surface area contributed by atoms with E-state index in [4.69, 9.17) is 5.73 Å². The van der Waals surface area contributed by atoms with Crippen molar-refractivity contribution in [3.05, 3.63) is 29.3 Å². The number of carbonyl (C=O) groups excluding carboxylic acids is 1. The molecule has 0 saturated heterocycles. The van der Waals surface area contributed by atoms with Crippen LogP contribution in [0.2, 0.25) is 0 Å². The van der Waals surface area contributed by atoms with E-state index in [-0.39, 0.29) is 11.9 Å². The van der Waals surface area contributed by atoms with Crippen LogP contribution in [0.15, 0.2) is 18.2 Å². The Bertz CT molecular complexity index is 455. The Labute approximate surface area is 128 Å². The first-order valence-electron chi connectivity index (χ1n) is 7.87. The number of nitrogens with zero attached hydrogens (tertiary/aromatic N) is 1. The molecule has 3 N–H and O–H groups in total. The number of amides is 1. The summed E-state index contributed by atoms with van der Waals surface area (Å²) in [4.78, 5) is 14.6. The molecule has 1 unspecified atom stereocenters. The first-order valence-corrected chi connectivity index (χ1v) is 7.87. The molecule has 0 saturated carbocycles. The molecule has 1 atom stereocenters. The number of rotatable bonds is 8. The number of carbonyl (C=O) groups is 1. The average Bonchev–Trinajstić information content (AvgIpc) is 2.46. The first-order chi connectivity index (χ1) is 9.97. The molecule has 1 aromatic carbocycles. The molecule has 1 amide bonds.